The van der Waals surface area contributed by atoms with Crippen molar-refractivity contribution >= 4 is 28.9 Å². The van der Waals surface area contributed by atoms with Crippen LogP contribution in [0.5, 0.6) is 0 Å². The minimum Gasteiger partial charge on any atom is -0.358 e. The number of nitrogens with one attached hydrogen (secondary N) is 3. The maximum absolute atomic E-state index is 12.9. The molecule has 0 atom stereocenters. The van der Waals surface area contributed by atoms with Crippen LogP contribution in [-0.4, -0.2) is 48.6 Å². The molecular weight excluding hydrogens is 363 g/mol. The van der Waals surface area contributed by atoms with Gasteiger partial charge in [0.05, 0.1) is 26.2 Å². The molecule has 0 aliphatic carbocycles. The monoisotopic (exact) mass is 387 g/mol. The number of benzene rings is 2. The molecule has 0 radical (unpaired) electrons. The number of amides is 1. The molecular formula is C20H24FN4OS+. The van der Waals surface area contributed by atoms with Crippen molar-refractivity contribution in [2.45, 2.75) is 6.54 Å². The first-order valence-corrected chi connectivity index (χ1v) is 9.46. The average molecular weight is 388 g/mol. The summed E-state index contributed by atoms with van der Waals surface area (Å²) in [5.41, 5.74) is 1.81. The van der Waals surface area contributed by atoms with Crippen molar-refractivity contribution in [3.63, 3.8) is 0 Å². The number of hydrogen-bond donors (Lipinski definition) is 3. The van der Waals surface area contributed by atoms with Gasteiger partial charge in [-0.1, -0.05) is 30.3 Å². The molecule has 0 saturated carbocycles. The second kappa shape index (κ2) is 9.43. The molecule has 1 fully saturated rings. The van der Waals surface area contributed by atoms with Gasteiger partial charge in [-0.15, -0.1) is 0 Å². The van der Waals surface area contributed by atoms with Crippen LogP contribution in [0.2, 0.25) is 0 Å². The van der Waals surface area contributed by atoms with Gasteiger partial charge < -0.3 is 20.4 Å². The number of rotatable bonds is 5. The quantitative estimate of drug-likeness (QED) is 0.671. The van der Waals surface area contributed by atoms with Crippen molar-refractivity contribution in [2.75, 3.05) is 38.0 Å². The third kappa shape index (κ3) is 6.01. The maximum atomic E-state index is 12.9. The summed E-state index contributed by atoms with van der Waals surface area (Å²) in [5.74, 6) is -0.374. The molecule has 0 bridgehead atoms. The zero-order chi connectivity index (χ0) is 19.1. The molecule has 7 heteroatoms. The van der Waals surface area contributed by atoms with Crippen LogP contribution in [0, 0.1) is 5.82 Å². The Bertz CT molecular complexity index is 761. The molecule has 2 aromatic rings. The van der Waals surface area contributed by atoms with Crippen LogP contribution >= 0.6 is 12.2 Å². The summed E-state index contributed by atoms with van der Waals surface area (Å²) >= 11 is 5.49. The van der Waals surface area contributed by atoms with E-state index >= 15 is 0 Å². The van der Waals surface area contributed by atoms with Crippen LogP contribution in [0.15, 0.2) is 54.6 Å². The van der Waals surface area contributed by atoms with Gasteiger partial charge in [-0.25, -0.2) is 4.39 Å². The predicted octanol–water partition coefficient (Wildman–Crippen LogP) is 1.04. The van der Waals surface area contributed by atoms with Crippen LogP contribution in [0.1, 0.15) is 5.56 Å². The zero-order valence-corrected chi connectivity index (χ0v) is 15.9. The van der Waals surface area contributed by atoms with E-state index in [9.17, 15) is 9.18 Å². The first-order valence-electron chi connectivity index (χ1n) is 9.06. The van der Waals surface area contributed by atoms with E-state index in [0.717, 1.165) is 31.3 Å². The number of nitrogens with zero attached hydrogens (tertiary/aromatic N) is 1. The van der Waals surface area contributed by atoms with Gasteiger partial charge in [0.25, 0.3) is 5.91 Å². The van der Waals surface area contributed by atoms with E-state index in [1.165, 1.54) is 22.6 Å². The Labute approximate surface area is 164 Å². The second-order valence-corrected chi connectivity index (χ2v) is 7.00. The smallest absolute Gasteiger partial charge is 0.279 e. The van der Waals surface area contributed by atoms with Gasteiger partial charge in [-0.2, -0.15) is 0 Å². The molecule has 1 aliphatic heterocycles. The van der Waals surface area contributed by atoms with Gasteiger partial charge in [-0.3, -0.25) is 4.79 Å². The van der Waals surface area contributed by atoms with Gasteiger partial charge >= 0.3 is 0 Å². The number of anilines is 1. The fourth-order valence-electron chi connectivity index (χ4n) is 3.05. The lowest BCUT2D eigenvalue weighted by Gasteiger charge is -2.33. The molecule has 2 aromatic carbocycles. The molecule has 0 spiro atoms. The van der Waals surface area contributed by atoms with E-state index in [1.807, 2.05) is 18.2 Å². The molecule has 27 heavy (non-hydrogen) atoms. The van der Waals surface area contributed by atoms with E-state index in [-0.39, 0.29) is 11.7 Å². The first-order chi connectivity index (χ1) is 13.1. The normalized spacial score (nSPS) is 14.6. The Morgan fingerprint density at radius 3 is 2.41 bits per heavy atom. The number of carbonyl (C=O) groups is 1. The summed E-state index contributed by atoms with van der Waals surface area (Å²) in [7, 11) is 0. The second-order valence-electron chi connectivity index (χ2n) is 6.61. The SMILES string of the molecule is O=C(C[NH+]1CCN(C(=S)NCc2ccccc2)CC1)Nc1ccc(F)cc1. The zero-order valence-electron chi connectivity index (χ0n) is 15.1. The molecule has 142 valence electrons. The van der Waals surface area contributed by atoms with Gasteiger partial charge in [0.15, 0.2) is 11.7 Å². The predicted molar refractivity (Wildman–Crippen MR) is 108 cm³/mol. The fourth-order valence-corrected chi connectivity index (χ4v) is 3.31. The average Bonchev–Trinajstić information content (AvgIpc) is 2.69. The molecule has 3 rings (SSSR count). The summed E-state index contributed by atoms with van der Waals surface area (Å²) in [6, 6.07) is 16.0. The highest BCUT2D eigenvalue weighted by Gasteiger charge is 2.23. The number of piperazine rings is 1. The van der Waals surface area contributed by atoms with Crippen LogP contribution in [-0.2, 0) is 11.3 Å². The first kappa shape index (κ1) is 19.3. The van der Waals surface area contributed by atoms with E-state index < -0.39 is 0 Å². The molecule has 1 aliphatic rings. The lowest BCUT2D eigenvalue weighted by molar-refractivity contribution is -0.895. The number of carbonyl (C=O) groups excluding carboxylic acids is 1. The Kier molecular flexibility index (Phi) is 6.73. The molecule has 1 amide bonds. The highest BCUT2D eigenvalue weighted by Crippen LogP contribution is 2.07. The topological polar surface area (TPSA) is 48.8 Å². The van der Waals surface area contributed by atoms with Crippen molar-refractivity contribution in [3.8, 4) is 0 Å². The molecule has 0 unspecified atom stereocenters. The van der Waals surface area contributed by atoms with Gasteiger partial charge in [0.2, 0.25) is 0 Å². The lowest BCUT2D eigenvalue weighted by Crippen LogP contribution is -3.15. The Morgan fingerprint density at radius 2 is 1.74 bits per heavy atom. The minimum atomic E-state index is -0.313. The molecule has 1 saturated heterocycles. The van der Waals surface area contributed by atoms with Crippen LogP contribution < -0.4 is 15.5 Å². The molecule has 3 N–H and O–H groups in total. The van der Waals surface area contributed by atoms with E-state index in [0.29, 0.717) is 18.8 Å². The van der Waals surface area contributed by atoms with Gasteiger partial charge in [0.1, 0.15) is 5.82 Å². The van der Waals surface area contributed by atoms with Crippen LogP contribution in [0.3, 0.4) is 0 Å². The molecule has 1 heterocycles. The van der Waals surface area contributed by atoms with Crippen molar-refractivity contribution < 1.29 is 14.1 Å². The van der Waals surface area contributed by atoms with Crippen molar-refractivity contribution in [1.82, 2.24) is 10.2 Å². The standard InChI is InChI=1S/C20H23FN4OS/c21-17-6-8-18(9-7-17)23-19(26)15-24-10-12-25(13-11-24)20(27)22-14-16-4-2-1-3-5-16/h1-9H,10-15H2,(H,22,27)(H,23,26)/p+1. The lowest BCUT2D eigenvalue weighted by atomic mass is 10.2. The molecule has 5 nitrogen and oxygen atoms in total. The Hall–Kier alpha value is -2.51. The highest BCUT2D eigenvalue weighted by molar-refractivity contribution is 7.80. The summed E-state index contributed by atoms with van der Waals surface area (Å²) in [6.45, 7) is 4.45. The third-order valence-electron chi connectivity index (χ3n) is 4.58. The highest BCUT2D eigenvalue weighted by atomic mass is 32.1. The summed E-state index contributed by atoms with van der Waals surface area (Å²) in [4.78, 5) is 15.5. The van der Waals surface area contributed by atoms with Crippen molar-refractivity contribution in [2.24, 2.45) is 0 Å². The van der Waals surface area contributed by atoms with Gasteiger partial charge in [-0.05, 0) is 42.0 Å². The summed E-state index contributed by atoms with van der Waals surface area (Å²) in [6.07, 6.45) is 0. The number of halogens is 1. The maximum Gasteiger partial charge on any atom is 0.279 e. The minimum absolute atomic E-state index is 0.0603. The third-order valence-corrected chi connectivity index (χ3v) is 4.99. The number of thiocarbonyl (C=S) groups is 1. The summed E-state index contributed by atoms with van der Waals surface area (Å²) in [5, 5.41) is 6.87. The van der Waals surface area contributed by atoms with Crippen LogP contribution in [0.25, 0.3) is 0 Å². The Morgan fingerprint density at radius 1 is 1.07 bits per heavy atom. The summed E-state index contributed by atoms with van der Waals surface area (Å²) < 4.78 is 12.9. The van der Waals surface area contributed by atoms with E-state index in [1.54, 1.807) is 12.1 Å². The van der Waals surface area contributed by atoms with Gasteiger partial charge in [0, 0.05) is 12.2 Å². The largest absolute Gasteiger partial charge is 0.358 e. The molecule has 0 aromatic heterocycles. The number of quaternary nitrogens is 1. The van der Waals surface area contributed by atoms with Crippen molar-refractivity contribution in [1.29, 1.82) is 0 Å². The van der Waals surface area contributed by atoms with Crippen molar-refractivity contribution in [3.05, 3.63) is 66.0 Å². The number of hydrogen-bond acceptors (Lipinski definition) is 2. The Balaban J connectivity index is 1.38. The van der Waals surface area contributed by atoms with E-state index in [4.69, 9.17) is 12.2 Å². The fraction of sp³-hybridized carbons (Fsp3) is 0.300. The van der Waals surface area contributed by atoms with Crippen LogP contribution in [0.4, 0.5) is 10.1 Å². The van der Waals surface area contributed by atoms with E-state index in [2.05, 4.69) is 27.7 Å².